The number of nitrogens with zero attached hydrogens (tertiary/aromatic N) is 2. The third-order valence-corrected chi connectivity index (χ3v) is 3.11. The summed E-state index contributed by atoms with van der Waals surface area (Å²) in [6, 6.07) is 0. The fourth-order valence-electron chi connectivity index (χ4n) is 1.53. The van der Waals surface area contributed by atoms with Crippen LogP contribution in [0.5, 0.6) is 5.88 Å². The Morgan fingerprint density at radius 2 is 2.53 bits per heavy atom. The van der Waals surface area contributed by atoms with Crippen LogP contribution in [0.1, 0.15) is 18.5 Å². The number of thiazole rings is 1. The summed E-state index contributed by atoms with van der Waals surface area (Å²) in [6.45, 7) is 0.461. The van der Waals surface area contributed by atoms with Crippen molar-refractivity contribution in [3.63, 3.8) is 0 Å². The Labute approximate surface area is 114 Å². The number of terminal acetylenes is 1. The van der Waals surface area contributed by atoms with E-state index in [0.717, 1.165) is 17.5 Å². The zero-order chi connectivity index (χ0) is 13.7. The number of rotatable bonds is 6. The third kappa shape index (κ3) is 3.14. The molecular formula is C13H12N2O3S. The standard InChI is InChI=1S/C13H12N2O3S/c1-2-3-4-8-18-12-10(5-6-11(16)17)15-7-9-19-13(15)14-12/h1,5-7,9H,3-4,8H2,(H,16,17)/b6-5+. The van der Waals surface area contributed by atoms with Crippen LogP contribution in [-0.4, -0.2) is 27.1 Å². The molecule has 0 saturated heterocycles. The van der Waals surface area contributed by atoms with Gasteiger partial charge in [0.1, 0.15) is 5.69 Å². The lowest BCUT2D eigenvalue weighted by atomic mass is 10.3. The van der Waals surface area contributed by atoms with E-state index < -0.39 is 5.97 Å². The van der Waals surface area contributed by atoms with Gasteiger partial charge in [0, 0.05) is 24.1 Å². The van der Waals surface area contributed by atoms with Gasteiger partial charge in [0.05, 0.1) is 6.61 Å². The second-order valence-corrected chi connectivity index (χ2v) is 4.56. The number of carboxylic acid groups (broad SMARTS) is 1. The van der Waals surface area contributed by atoms with Crippen LogP contribution < -0.4 is 4.74 Å². The van der Waals surface area contributed by atoms with Crippen LogP contribution in [0.2, 0.25) is 0 Å². The molecule has 2 rings (SSSR count). The van der Waals surface area contributed by atoms with E-state index in [9.17, 15) is 4.79 Å². The second-order valence-electron chi connectivity index (χ2n) is 3.69. The maximum Gasteiger partial charge on any atom is 0.328 e. The number of hydrogen-bond acceptors (Lipinski definition) is 4. The molecule has 0 fully saturated rings. The molecule has 2 aromatic rings. The first-order valence-corrected chi connectivity index (χ1v) is 6.53. The molecule has 0 aromatic carbocycles. The van der Waals surface area contributed by atoms with Crippen molar-refractivity contribution in [1.82, 2.24) is 9.38 Å². The van der Waals surface area contributed by atoms with Gasteiger partial charge in [-0.15, -0.1) is 23.7 Å². The van der Waals surface area contributed by atoms with E-state index in [2.05, 4.69) is 10.9 Å². The lowest BCUT2D eigenvalue weighted by Gasteiger charge is -2.02. The van der Waals surface area contributed by atoms with E-state index in [-0.39, 0.29) is 0 Å². The van der Waals surface area contributed by atoms with Gasteiger partial charge in [-0.25, -0.2) is 4.79 Å². The van der Waals surface area contributed by atoms with Crippen LogP contribution in [0.15, 0.2) is 17.7 Å². The molecule has 0 aliphatic rings. The molecule has 0 aliphatic carbocycles. The van der Waals surface area contributed by atoms with E-state index >= 15 is 0 Å². The number of unbranched alkanes of at least 4 members (excludes halogenated alkanes) is 1. The van der Waals surface area contributed by atoms with E-state index in [0.29, 0.717) is 24.6 Å². The normalized spacial score (nSPS) is 10.9. The summed E-state index contributed by atoms with van der Waals surface area (Å²) in [4.78, 5) is 15.7. The van der Waals surface area contributed by atoms with Gasteiger partial charge in [-0.3, -0.25) is 4.40 Å². The van der Waals surface area contributed by atoms with Crippen molar-refractivity contribution in [2.75, 3.05) is 6.61 Å². The number of carboxylic acids is 1. The first-order valence-electron chi connectivity index (χ1n) is 5.65. The molecule has 0 saturated carbocycles. The Balaban J connectivity index is 2.21. The van der Waals surface area contributed by atoms with Crippen molar-refractivity contribution in [2.24, 2.45) is 0 Å². The molecule has 19 heavy (non-hydrogen) atoms. The molecule has 0 atom stereocenters. The van der Waals surface area contributed by atoms with Crippen molar-refractivity contribution >= 4 is 28.3 Å². The average molecular weight is 276 g/mol. The number of imidazole rings is 1. The molecule has 0 radical (unpaired) electrons. The molecule has 6 heteroatoms. The number of aromatic nitrogens is 2. The topological polar surface area (TPSA) is 63.8 Å². The Morgan fingerprint density at radius 3 is 3.26 bits per heavy atom. The van der Waals surface area contributed by atoms with E-state index in [1.807, 2.05) is 11.6 Å². The fourth-order valence-corrected chi connectivity index (χ4v) is 2.25. The van der Waals surface area contributed by atoms with Gasteiger partial charge in [0.25, 0.3) is 0 Å². The van der Waals surface area contributed by atoms with Gasteiger partial charge in [-0.2, -0.15) is 4.98 Å². The summed E-state index contributed by atoms with van der Waals surface area (Å²) in [5.74, 6) is 1.96. The number of carbonyl (C=O) groups is 1. The van der Waals surface area contributed by atoms with Crippen molar-refractivity contribution in [2.45, 2.75) is 12.8 Å². The molecule has 0 amide bonds. The fraction of sp³-hybridized carbons (Fsp3) is 0.231. The molecule has 98 valence electrons. The van der Waals surface area contributed by atoms with Crippen LogP contribution in [0.3, 0.4) is 0 Å². The van der Waals surface area contributed by atoms with E-state index in [1.54, 1.807) is 4.40 Å². The minimum absolute atomic E-state index is 0.432. The monoisotopic (exact) mass is 276 g/mol. The first-order chi connectivity index (χ1) is 9.22. The molecule has 5 nitrogen and oxygen atoms in total. The van der Waals surface area contributed by atoms with Crippen molar-refractivity contribution < 1.29 is 14.6 Å². The smallest absolute Gasteiger partial charge is 0.328 e. The second kappa shape index (κ2) is 6.07. The first kappa shape index (κ1) is 13.2. The van der Waals surface area contributed by atoms with E-state index in [1.165, 1.54) is 17.4 Å². The minimum atomic E-state index is -1.01. The van der Waals surface area contributed by atoms with Gasteiger partial charge in [0.15, 0.2) is 4.96 Å². The highest BCUT2D eigenvalue weighted by Crippen LogP contribution is 2.24. The molecule has 1 N–H and O–H groups in total. The highest BCUT2D eigenvalue weighted by atomic mass is 32.1. The van der Waals surface area contributed by atoms with Gasteiger partial charge in [-0.05, 0) is 12.5 Å². The van der Waals surface area contributed by atoms with Gasteiger partial charge >= 0.3 is 5.97 Å². The highest BCUT2D eigenvalue weighted by Gasteiger charge is 2.12. The number of aliphatic carboxylic acids is 1. The quantitative estimate of drug-likeness (QED) is 0.499. The summed E-state index contributed by atoms with van der Waals surface area (Å²) in [7, 11) is 0. The zero-order valence-corrected chi connectivity index (χ0v) is 10.9. The zero-order valence-electron chi connectivity index (χ0n) is 10.1. The summed E-state index contributed by atoms with van der Waals surface area (Å²) < 4.78 is 7.34. The predicted molar refractivity (Wildman–Crippen MR) is 73.3 cm³/mol. The number of ether oxygens (including phenoxy) is 1. The Hall–Kier alpha value is -2.26. The molecule has 2 heterocycles. The molecule has 2 aromatic heterocycles. The summed E-state index contributed by atoms with van der Waals surface area (Å²) in [5, 5.41) is 10.6. The third-order valence-electron chi connectivity index (χ3n) is 2.35. The molecule has 0 spiro atoms. The van der Waals surface area contributed by atoms with Crippen LogP contribution >= 0.6 is 11.3 Å². The summed E-state index contributed by atoms with van der Waals surface area (Å²) in [6.07, 6.45) is 10.9. The van der Waals surface area contributed by atoms with Gasteiger partial charge in [-0.1, -0.05) is 0 Å². The maximum absolute atomic E-state index is 10.6. The lowest BCUT2D eigenvalue weighted by molar-refractivity contribution is -0.131. The Kier molecular flexibility index (Phi) is 4.21. The highest BCUT2D eigenvalue weighted by molar-refractivity contribution is 7.15. The average Bonchev–Trinajstić information content (AvgIpc) is 2.93. The largest absolute Gasteiger partial charge is 0.478 e. The van der Waals surface area contributed by atoms with E-state index in [4.69, 9.17) is 16.3 Å². The minimum Gasteiger partial charge on any atom is -0.478 e. The summed E-state index contributed by atoms with van der Waals surface area (Å²) in [5.41, 5.74) is 0.624. The van der Waals surface area contributed by atoms with Crippen LogP contribution in [0, 0.1) is 12.3 Å². The molecule has 0 aliphatic heterocycles. The number of fused-ring (bicyclic) bond motifs is 1. The van der Waals surface area contributed by atoms with Crippen LogP contribution in [0.25, 0.3) is 11.0 Å². The van der Waals surface area contributed by atoms with Gasteiger partial charge in [0.2, 0.25) is 5.88 Å². The summed E-state index contributed by atoms with van der Waals surface area (Å²) >= 11 is 1.46. The van der Waals surface area contributed by atoms with Gasteiger partial charge < -0.3 is 9.84 Å². The van der Waals surface area contributed by atoms with Crippen LogP contribution in [-0.2, 0) is 4.79 Å². The predicted octanol–water partition coefficient (Wildman–Crippen LogP) is 2.29. The SMILES string of the molecule is C#CCCCOc1nc2sccn2c1/C=C/C(=O)O. The number of hydrogen-bond donors (Lipinski definition) is 1. The van der Waals surface area contributed by atoms with Crippen molar-refractivity contribution in [1.29, 1.82) is 0 Å². The lowest BCUT2D eigenvalue weighted by Crippen LogP contribution is -1.99. The maximum atomic E-state index is 10.6. The van der Waals surface area contributed by atoms with Crippen molar-refractivity contribution in [3.05, 3.63) is 23.3 Å². The molecule has 0 bridgehead atoms. The molecule has 0 unspecified atom stereocenters. The molecular weight excluding hydrogens is 264 g/mol. The Bertz CT molecular complexity index is 648. The van der Waals surface area contributed by atoms with Crippen LogP contribution in [0.4, 0.5) is 0 Å². The Morgan fingerprint density at radius 1 is 1.68 bits per heavy atom. The van der Waals surface area contributed by atoms with Crippen molar-refractivity contribution in [3.8, 4) is 18.2 Å².